The van der Waals surface area contributed by atoms with Crippen molar-refractivity contribution in [3.8, 4) is 0 Å². The first-order valence-electron chi connectivity index (χ1n) is 24.1. The van der Waals surface area contributed by atoms with Crippen molar-refractivity contribution in [1.29, 1.82) is 0 Å². The summed E-state index contributed by atoms with van der Waals surface area (Å²) in [6.45, 7) is 17.3. The molecule has 3 aromatic carbocycles. The molecule has 0 atom stereocenters. The number of likely N-dealkylation sites (N-methyl/N-ethyl adjacent to an activating group) is 1. The standard InChI is InChI=1S/C53H69N7O7S2/c1-52(2)44-17-13-14-18-46(44)57(6)48(52)19-11-9-8-10-12-20-49-53(3,4)45-39-43(26-27-47(45)58(49)30-16-38-68(63,64)65)69(66,67)56(5)29-15-21-50(61)54-40-51(62)55-42-24-22-41(23-25-42)28-31-60-35-32-59(7,33-36-60)34-37-60/h8-14,17-20,22-27,39H,15-16,21,28-38,40H2,1-7H3/p+3. The number of hydrogen-bond donors (Lipinski definition) is 3. The van der Waals surface area contributed by atoms with E-state index in [2.05, 4.69) is 85.6 Å². The molecule has 3 saturated heterocycles. The lowest BCUT2D eigenvalue weighted by Crippen LogP contribution is -2.73. The number of para-hydroxylation sites is 1. The molecule has 2 amide bonds. The van der Waals surface area contributed by atoms with E-state index in [1.165, 1.54) is 82.1 Å². The number of piperazine rings is 3. The van der Waals surface area contributed by atoms with Gasteiger partial charge in [0, 0.05) is 73.2 Å². The van der Waals surface area contributed by atoms with Crippen LogP contribution in [0.4, 0.5) is 17.1 Å². The molecule has 0 unspecified atom stereocenters. The molecule has 8 rings (SSSR count). The predicted octanol–water partition coefficient (Wildman–Crippen LogP) is 6.31. The Balaban J connectivity index is 0.912. The molecule has 5 heterocycles. The summed E-state index contributed by atoms with van der Waals surface area (Å²) in [7, 11) is -2.22. The second-order valence-corrected chi connectivity index (χ2v) is 24.2. The highest BCUT2D eigenvalue weighted by Crippen LogP contribution is 2.49. The lowest BCUT2D eigenvalue weighted by molar-refractivity contribution is -1.07. The molecule has 370 valence electrons. The summed E-state index contributed by atoms with van der Waals surface area (Å²) in [6, 6.07) is 21.3. The third-order valence-electron chi connectivity index (χ3n) is 15.0. The highest BCUT2D eigenvalue weighted by Gasteiger charge is 2.46. The maximum atomic E-state index is 13.9. The predicted molar refractivity (Wildman–Crippen MR) is 275 cm³/mol. The number of nitrogens with zero attached hydrogens (tertiary/aromatic N) is 5. The second-order valence-electron chi connectivity index (χ2n) is 20.6. The SMILES string of the molecule is CN(CCCC(=O)NCC(=O)Nc1ccc(CC[N+]23CC[N+](C)(CC2)CC3)cc1)S(=O)(=O)c1ccc2c(c1)C(C)(C)/C(=C/C=C/C=C/C=C/C1=[N+](C)c3ccccc3C1(C)C)N2CCCS(=O)(=O)O. The normalized spacial score (nSPS) is 22.4. The summed E-state index contributed by atoms with van der Waals surface area (Å²) in [6.07, 6.45) is 15.2. The highest BCUT2D eigenvalue weighted by atomic mass is 32.2. The van der Waals surface area contributed by atoms with Crippen LogP contribution in [0.5, 0.6) is 0 Å². The number of allylic oxidation sites excluding steroid dienone is 8. The van der Waals surface area contributed by atoms with E-state index >= 15 is 0 Å². The molecular weight excluding hydrogens is 911 g/mol. The summed E-state index contributed by atoms with van der Waals surface area (Å²) in [5, 5.41) is 5.50. The van der Waals surface area contributed by atoms with Gasteiger partial charge < -0.3 is 24.5 Å². The molecular formula is C53H72N7O7S2+3. The minimum atomic E-state index is -4.19. The number of benzene rings is 3. The zero-order valence-electron chi connectivity index (χ0n) is 41.4. The lowest BCUT2D eigenvalue weighted by atomic mass is 9.81. The van der Waals surface area contributed by atoms with Crippen LogP contribution in [-0.2, 0) is 47.0 Å². The first kappa shape index (κ1) is 51.6. The van der Waals surface area contributed by atoms with E-state index < -0.39 is 31.3 Å². The van der Waals surface area contributed by atoms with Gasteiger partial charge in [-0.3, -0.25) is 14.1 Å². The molecule has 0 aromatic heterocycles. The third-order valence-corrected chi connectivity index (χ3v) is 17.7. The Labute approximate surface area is 410 Å². The smallest absolute Gasteiger partial charge is 0.264 e. The van der Waals surface area contributed by atoms with E-state index in [1.807, 2.05) is 67.3 Å². The van der Waals surface area contributed by atoms with Gasteiger partial charge in [-0.2, -0.15) is 13.0 Å². The van der Waals surface area contributed by atoms with Crippen molar-refractivity contribution in [3.05, 3.63) is 132 Å². The zero-order chi connectivity index (χ0) is 49.8. The fraction of sp³-hybridized carbons (Fsp3) is 0.453. The van der Waals surface area contributed by atoms with Crippen molar-refractivity contribution >= 4 is 54.7 Å². The average molecular weight is 983 g/mol. The van der Waals surface area contributed by atoms with Crippen LogP contribution in [0.1, 0.15) is 63.6 Å². The number of nitrogens with one attached hydrogen (secondary N) is 2. The van der Waals surface area contributed by atoms with Crippen LogP contribution >= 0.6 is 0 Å². The van der Waals surface area contributed by atoms with Gasteiger partial charge in [0.15, 0.2) is 5.71 Å². The van der Waals surface area contributed by atoms with Crippen LogP contribution in [0.25, 0.3) is 0 Å². The topological polar surface area (TPSA) is 156 Å². The lowest BCUT2D eigenvalue weighted by Gasteiger charge is -2.54. The number of quaternary nitrogens is 2. The van der Waals surface area contributed by atoms with Gasteiger partial charge in [0.1, 0.15) is 46.3 Å². The molecule has 5 aliphatic heterocycles. The number of carbonyl (C=O) groups is 2. The second kappa shape index (κ2) is 20.6. The molecule has 0 radical (unpaired) electrons. The van der Waals surface area contributed by atoms with Crippen molar-refractivity contribution < 1.29 is 44.5 Å². The van der Waals surface area contributed by atoms with Gasteiger partial charge in [0.2, 0.25) is 27.5 Å². The monoisotopic (exact) mass is 982 g/mol. The molecule has 69 heavy (non-hydrogen) atoms. The van der Waals surface area contributed by atoms with Gasteiger partial charge in [-0.1, -0.05) is 74.6 Å². The zero-order valence-corrected chi connectivity index (χ0v) is 43.1. The number of sulfonamides is 1. The minimum Gasteiger partial charge on any atom is -0.347 e. The number of carbonyl (C=O) groups excluding carboxylic acids is 2. The average Bonchev–Trinajstić information content (AvgIpc) is 3.64. The Morgan fingerprint density at radius 3 is 2.17 bits per heavy atom. The van der Waals surface area contributed by atoms with E-state index in [1.54, 1.807) is 18.2 Å². The van der Waals surface area contributed by atoms with Crippen LogP contribution in [0.2, 0.25) is 0 Å². The molecule has 0 saturated carbocycles. The first-order valence-corrected chi connectivity index (χ1v) is 27.2. The largest absolute Gasteiger partial charge is 0.347 e. The van der Waals surface area contributed by atoms with Crippen LogP contribution in [0.3, 0.4) is 0 Å². The Morgan fingerprint density at radius 2 is 1.49 bits per heavy atom. The van der Waals surface area contributed by atoms with E-state index in [0.717, 1.165) is 29.9 Å². The summed E-state index contributed by atoms with van der Waals surface area (Å²) in [4.78, 5) is 27.5. The first-order chi connectivity index (χ1) is 32.5. The number of fused-ring (bicyclic) bond motifs is 5. The van der Waals surface area contributed by atoms with Gasteiger partial charge >= 0.3 is 0 Å². The number of anilines is 2. The maximum absolute atomic E-state index is 13.9. The van der Waals surface area contributed by atoms with Crippen LogP contribution in [0, 0.1) is 0 Å². The molecule has 3 N–H and O–H groups in total. The van der Waals surface area contributed by atoms with Crippen molar-refractivity contribution in [2.45, 2.75) is 69.1 Å². The van der Waals surface area contributed by atoms with Crippen LogP contribution < -0.4 is 15.5 Å². The van der Waals surface area contributed by atoms with E-state index in [9.17, 15) is 31.0 Å². The molecule has 14 nitrogen and oxygen atoms in total. The third kappa shape index (κ3) is 11.9. The molecule has 3 aromatic rings. The minimum absolute atomic E-state index is 0.0345. The highest BCUT2D eigenvalue weighted by molar-refractivity contribution is 7.89. The van der Waals surface area contributed by atoms with Crippen molar-refractivity contribution in [3.63, 3.8) is 0 Å². The molecule has 3 fully saturated rings. The maximum Gasteiger partial charge on any atom is 0.264 e. The summed E-state index contributed by atoms with van der Waals surface area (Å²) < 4.78 is 66.6. The Bertz CT molecular complexity index is 2790. The number of rotatable bonds is 20. The van der Waals surface area contributed by atoms with Crippen LogP contribution in [0.15, 0.2) is 120 Å². The van der Waals surface area contributed by atoms with E-state index in [4.69, 9.17) is 0 Å². The molecule has 2 bridgehead atoms. The summed E-state index contributed by atoms with van der Waals surface area (Å²) in [5.74, 6) is -1.11. The van der Waals surface area contributed by atoms with Gasteiger partial charge in [-0.25, -0.2) is 12.7 Å². The number of hydrogen-bond acceptors (Lipinski definition) is 7. The van der Waals surface area contributed by atoms with E-state index in [0.29, 0.717) is 5.69 Å². The molecule has 16 heteroatoms. The molecule has 0 aliphatic carbocycles. The van der Waals surface area contributed by atoms with Crippen molar-refractivity contribution in [2.24, 2.45) is 0 Å². The quantitative estimate of drug-likeness (QED) is 0.0516. The Kier molecular flexibility index (Phi) is 15.4. The summed E-state index contributed by atoms with van der Waals surface area (Å²) >= 11 is 0. The van der Waals surface area contributed by atoms with Gasteiger partial charge in [-0.15, -0.1) is 0 Å². The summed E-state index contributed by atoms with van der Waals surface area (Å²) in [5.41, 5.74) is 7.13. The fourth-order valence-electron chi connectivity index (χ4n) is 10.5. The van der Waals surface area contributed by atoms with Gasteiger partial charge in [-0.05, 0) is 74.2 Å². The van der Waals surface area contributed by atoms with E-state index in [-0.39, 0.29) is 61.0 Å². The molecule has 0 spiro atoms. The molecule has 5 aliphatic rings. The van der Waals surface area contributed by atoms with Crippen molar-refractivity contribution in [2.75, 3.05) is 103 Å². The van der Waals surface area contributed by atoms with Gasteiger partial charge in [0.05, 0.1) is 36.2 Å². The Morgan fingerprint density at radius 1 is 0.826 bits per heavy atom. The number of amides is 2. The van der Waals surface area contributed by atoms with Crippen LogP contribution in [-0.4, -0.2) is 149 Å². The Hall–Kier alpha value is -5.23. The fourth-order valence-corrected chi connectivity index (χ4v) is 12.2. The van der Waals surface area contributed by atoms with Gasteiger partial charge in [0.25, 0.3) is 10.1 Å². The van der Waals surface area contributed by atoms with Crippen molar-refractivity contribution in [1.82, 2.24) is 9.62 Å².